The van der Waals surface area contributed by atoms with Crippen LogP contribution in [0.3, 0.4) is 0 Å². The molecule has 0 aromatic carbocycles. The van der Waals surface area contributed by atoms with E-state index in [4.69, 9.17) is 4.74 Å². The number of amides is 1. The van der Waals surface area contributed by atoms with Gasteiger partial charge in [0.2, 0.25) is 0 Å². The zero-order valence-corrected chi connectivity index (χ0v) is 13.2. The van der Waals surface area contributed by atoms with Gasteiger partial charge in [-0.25, -0.2) is 9.67 Å². The van der Waals surface area contributed by atoms with Crippen molar-refractivity contribution < 1.29 is 9.53 Å². The smallest absolute Gasteiger partial charge is 0.253 e. The fourth-order valence-electron chi connectivity index (χ4n) is 2.82. The molecule has 0 spiro atoms. The van der Waals surface area contributed by atoms with Crippen LogP contribution in [-0.4, -0.2) is 39.4 Å². The fourth-order valence-corrected chi connectivity index (χ4v) is 2.82. The van der Waals surface area contributed by atoms with E-state index < -0.39 is 0 Å². The number of aromatic nitrogens is 3. The number of carbonyl (C=O) groups is 1. The second-order valence-electron chi connectivity index (χ2n) is 6.13. The molecule has 0 unspecified atom stereocenters. The van der Waals surface area contributed by atoms with Crippen molar-refractivity contribution in [3.8, 4) is 0 Å². The number of carbonyl (C=O) groups excluding carboxylic acids is 1. The maximum absolute atomic E-state index is 12.4. The zero-order chi connectivity index (χ0) is 15.7. The van der Waals surface area contributed by atoms with Crippen LogP contribution in [0.1, 0.15) is 50.0 Å². The first-order valence-electron chi connectivity index (χ1n) is 7.82. The highest BCUT2D eigenvalue weighted by atomic mass is 16.5. The molecule has 2 aromatic rings. The Morgan fingerprint density at radius 3 is 2.91 bits per heavy atom. The summed E-state index contributed by atoms with van der Waals surface area (Å²) < 4.78 is 7.46. The Morgan fingerprint density at radius 1 is 1.41 bits per heavy atom. The number of hydrogen-bond acceptors (Lipinski definition) is 4. The van der Waals surface area contributed by atoms with Crippen LogP contribution >= 0.6 is 0 Å². The van der Waals surface area contributed by atoms with Crippen molar-refractivity contribution in [1.82, 2.24) is 20.1 Å². The fraction of sp³-hybridized carbons (Fsp3) is 0.562. The molecule has 3 rings (SSSR count). The van der Waals surface area contributed by atoms with Crippen LogP contribution in [0, 0.1) is 0 Å². The first kappa shape index (κ1) is 15.0. The average Bonchev–Trinajstić information content (AvgIpc) is 3.15. The van der Waals surface area contributed by atoms with Gasteiger partial charge in [0.15, 0.2) is 5.65 Å². The number of hydrogen-bond donors (Lipinski definition) is 1. The van der Waals surface area contributed by atoms with Crippen molar-refractivity contribution in [3.05, 3.63) is 24.0 Å². The summed E-state index contributed by atoms with van der Waals surface area (Å²) in [4.78, 5) is 16.8. The standard InChI is InChI=1S/C16H22N4O2/c1-10(2)20-15-12(9-18-20)7-13(8-17-15)16(21)19-11(3)14-5-4-6-22-14/h7-11,14H,4-6H2,1-3H3,(H,19,21)/t11-,14-/m0/s1. The minimum atomic E-state index is -0.116. The van der Waals surface area contributed by atoms with E-state index in [2.05, 4.69) is 29.2 Å². The molecule has 1 N–H and O–H groups in total. The molecule has 2 aromatic heterocycles. The number of fused-ring (bicyclic) bond motifs is 1. The summed E-state index contributed by atoms with van der Waals surface area (Å²) in [6, 6.07) is 2.08. The molecule has 1 aliphatic heterocycles. The van der Waals surface area contributed by atoms with E-state index in [9.17, 15) is 4.79 Å². The van der Waals surface area contributed by atoms with Gasteiger partial charge in [-0.1, -0.05) is 0 Å². The molecular formula is C16H22N4O2. The predicted octanol–water partition coefficient (Wildman–Crippen LogP) is 2.31. The molecule has 3 heterocycles. The topological polar surface area (TPSA) is 69.0 Å². The van der Waals surface area contributed by atoms with Gasteiger partial charge in [0.1, 0.15) is 0 Å². The Hall–Kier alpha value is -1.95. The van der Waals surface area contributed by atoms with Crippen molar-refractivity contribution in [3.63, 3.8) is 0 Å². The van der Waals surface area contributed by atoms with Gasteiger partial charge in [0, 0.05) is 24.2 Å². The van der Waals surface area contributed by atoms with Crippen molar-refractivity contribution in [2.75, 3.05) is 6.61 Å². The van der Waals surface area contributed by atoms with Crippen molar-refractivity contribution in [1.29, 1.82) is 0 Å². The van der Waals surface area contributed by atoms with Gasteiger partial charge in [-0.15, -0.1) is 0 Å². The molecule has 1 aliphatic rings. The summed E-state index contributed by atoms with van der Waals surface area (Å²) in [5, 5.41) is 8.20. The Balaban J connectivity index is 1.76. The Kier molecular flexibility index (Phi) is 4.11. The highest BCUT2D eigenvalue weighted by molar-refractivity contribution is 5.97. The Labute approximate surface area is 129 Å². The van der Waals surface area contributed by atoms with Gasteiger partial charge in [-0.3, -0.25) is 4.79 Å². The van der Waals surface area contributed by atoms with E-state index >= 15 is 0 Å². The zero-order valence-electron chi connectivity index (χ0n) is 13.2. The highest BCUT2D eigenvalue weighted by Crippen LogP contribution is 2.18. The molecule has 1 fully saturated rings. The number of ether oxygens (including phenoxy) is 1. The van der Waals surface area contributed by atoms with Gasteiger partial charge < -0.3 is 10.1 Å². The lowest BCUT2D eigenvalue weighted by molar-refractivity contribution is 0.0712. The molecule has 0 saturated carbocycles. The summed E-state index contributed by atoms with van der Waals surface area (Å²) >= 11 is 0. The average molecular weight is 302 g/mol. The minimum Gasteiger partial charge on any atom is -0.376 e. The Morgan fingerprint density at radius 2 is 2.23 bits per heavy atom. The first-order valence-corrected chi connectivity index (χ1v) is 7.82. The van der Waals surface area contributed by atoms with Crippen LogP contribution < -0.4 is 5.32 Å². The second kappa shape index (κ2) is 6.04. The summed E-state index contributed by atoms with van der Waals surface area (Å²) in [5.74, 6) is -0.116. The molecule has 6 nitrogen and oxygen atoms in total. The molecule has 2 atom stereocenters. The highest BCUT2D eigenvalue weighted by Gasteiger charge is 2.24. The van der Waals surface area contributed by atoms with Gasteiger partial charge in [-0.05, 0) is 39.7 Å². The lowest BCUT2D eigenvalue weighted by atomic mass is 10.1. The van der Waals surface area contributed by atoms with Crippen LogP contribution in [0.15, 0.2) is 18.5 Å². The second-order valence-corrected chi connectivity index (χ2v) is 6.13. The van der Waals surface area contributed by atoms with Crippen LogP contribution in [0.2, 0.25) is 0 Å². The van der Waals surface area contributed by atoms with Crippen LogP contribution in [-0.2, 0) is 4.74 Å². The molecule has 6 heteroatoms. The Bertz CT molecular complexity index is 674. The van der Waals surface area contributed by atoms with Gasteiger partial charge in [0.25, 0.3) is 5.91 Å². The van der Waals surface area contributed by atoms with E-state index in [1.807, 2.05) is 17.7 Å². The molecule has 22 heavy (non-hydrogen) atoms. The molecule has 0 bridgehead atoms. The third kappa shape index (κ3) is 2.83. The first-order chi connectivity index (χ1) is 10.6. The molecular weight excluding hydrogens is 280 g/mol. The summed E-state index contributed by atoms with van der Waals surface area (Å²) in [5.41, 5.74) is 1.36. The lowest BCUT2D eigenvalue weighted by Crippen LogP contribution is -2.40. The quantitative estimate of drug-likeness (QED) is 0.941. The van der Waals surface area contributed by atoms with Gasteiger partial charge in [-0.2, -0.15) is 5.10 Å². The predicted molar refractivity (Wildman–Crippen MR) is 83.8 cm³/mol. The number of rotatable bonds is 4. The maximum atomic E-state index is 12.4. The number of nitrogens with one attached hydrogen (secondary N) is 1. The number of nitrogens with zero attached hydrogens (tertiary/aromatic N) is 3. The summed E-state index contributed by atoms with van der Waals surface area (Å²) in [6.07, 6.45) is 5.54. The van der Waals surface area contributed by atoms with Crippen LogP contribution in [0.5, 0.6) is 0 Å². The molecule has 1 saturated heterocycles. The molecule has 0 aliphatic carbocycles. The van der Waals surface area contributed by atoms with E-state index in [1.54, 1.807) is 12.4 Å². The van der Waals surface area contributed by atoms with E-state index in [1.165, 1.54) is 0 Å². The largest absolute Gasteiger partial charge is 0.376 e. The van der Waals surface area contributed by atoms with Crippen LogP contribution in [0.25, 0.3) is 11.0 Å². The van der Waals surface area contributed by atoms with Crippen LogP contribution in [0.4, 0.5) is 0 Å². The molecule has 118 valence electrons. The van der Waals surface area contributed by atoms with Gasteiger partial charge in [0.05, 0.1) is 23.9 Å². The third-order valence-corrected chi connectivity index (χ3v) is 4.07. The van der Waals surface area contributed by atoms with Gasteiger partial charge >= 0.3 is 0 Å². The SMILES string of the molecule is CC(C)n1ncc2cc(C(=O)N[C@@H](C)[C@@H]3CCCO3)cnc21. The van der Waals surface area contributed by atoms with Crippen molar-refractivity contribution >= 4 is 16.9 Å². The number of pyridine rings is 1. The van der Waals surface area contributed by atoms with E-state index in [0.717, 1.165) is 30.5 Å². The molecule has 1 amide bonds. The van der Waals surface area contributed by atoms with Crippen molar-refractivity contribution in [2.24, 2.45) is 0 Å². The maximum Gasteiger partial charge on any atom is 0.253 e. The third-order valence-electron chi connectivity index (χ3n) is 4.07. The van der Waals surface area contributed by atoms with E-state index in [0.29, 0.717) is 5.56 Å². The van der Waals surface area contributed by atoms with Crippen molar-refractivity contribution in [2.45, 2.75) is 51.8 Å². The lowest BCUT2D eigenvalue weighted by Gasteiger charge is -2.19. The molecule has 0 radical (unpaired) electrons. The summed E-state index contributed by atoms with van der Waals surface area (Å²) in [7, 11) is 0. The van der Waals surface area contributed by atoms with E-state index in [-0.39, 0.29) is 24.1 Å². The monoisotopic (exact) mass is 302 g/mol. The minimum absolute atomic E-state index is 0.00378. The summed E-state index contributed by atoms with van der Waals surface area (Å²) in [6.45, 7) is 6.87. The normalized spacial score (nSPS) is 19.7.